The molecule has 0 fully saturated rings. The number of rotatable bonds is 3. The lowest BCUT2D eigenvalue weighted by atomic mass is 10.4. The van der Waals surface area contributed by atoms with Crippen molar-refractivity contribution in [1.29, 1.82) is 0 Å². The van der Waals surface area contributed by atoms with Crippen molar-refractivity contribution in [2.75, 3.05) is 18.4 Å². The first kappa shape index (κ1) is 11.2. The smallest absolute Gasteiger partial charge is 0.216 e. The van der Waals surface area contributed by atoms with Gasteiger partial charge in [-0.15, -0.1) is 0 Å². The highest BCUT2D eigenvalue weighted by Gasteiger charge is 2.19. The van der Waals surface area contributed by atoms with Crippen LogP contribution in [0.2, 0.25) is 0 Å². The quantitative estimate of drug-likeness (QED) is 0.581. The predicted octanol–water partition coefficient (Wildman–Crippen LogP) is 0.309. The summed E-state index contributed by atoms with van der Waals surface area (Å²) >= 11 is 0. The standard InChI is InChI=1S/C9H15N5O3/c1-3-10-6-5-12(15)8-7(6)13(16)14(17)9(8)11-4-2/h5,10,15-17H,3-4H2,1-2H3. The lowest BCUT2D eigenvalue weighted by Crippen LogP contribution is -2.22. The lowest BCUT2D eigenvalue weighted by Gasteiger charge is -2.01. The van der Waals surface area contributed by atoms with Crippen LogP contribution >= 0.6 is 0 Å². The van der Waals surface area contributed by atoms with Crippen LogP contribution in [-0.2, 0) is 0 Å². The molecule has 2 aromatic rings. The van der Waals surface area contributed by atoms with Crippen LogP contribution in [0.15, 0.2) is 11.2 Å². The van der Waals surface area contributed by atoms with Crippen molar-refractivity contribution in [2.45, 2.75) is 13.8 Å². The number of hydrogen-bond donors (Lipinski definition) is 4. The predicted molar refractivity (Wildman–Crippen MR) is 59.7 cm³/mol. The SMILES string of the molecule is CCN=c1c2c(c(NCC)cn2O)n(O)n1O. The summed E-state index contributed by atoms with van der Waals surface area (Å²) in [5, 5.41) is 32.1. The highest BCUT2D eigenvalue weighted by molar-refractivity contribution is 5.89. The first-order valence-electron chi connectivity index (χ1n) is 5.33. The first-order chi connectivity index (χ1) is 8.11. The number of nitrogens with zero attached hydrogens (tertiary/aromatic N) is 4. The Bertz CT molecular complexity index is 606. The van der Waals surface area contributed by atoms with Gasteiger partial charge < -0.3 is 20.9 Å². The molecule has 8 heteroatoms. The van der Waals surface area contributed by atoms with Gasteiger partial charge in [-0.1, -0.05) is 9.69 Å². The maximum atomic E-state index is 9.73. The molecule has 0 atom stereocenters. The third-order valence-corrected chi connectivity index (χ3v) is 2.42. The van der Waals surface area contributed by atoms with Crippen LogP contribution in [0.3, 0.4) is 0 Å². The molecule has 0 aliphatic heterocycles. The van der Waals surface area contributed by atoms with E-state index in [0.717, 1.165) is 4.73 Å². The fourth-order valence-electron chi connectivity index (χ4n) is 1.78. The minimum atomic E-state index is 0.0941. The molecule has 0 aromatic carbocycles. The maximum absolute atomic E-state index is 9.73. The van der Waals surface area contributed by atoms with E-state index in [0.29, 0.717) is 28.5 Å². The minimum Gasteiger partial charge on any atom is -0.428 e. The van der Waals surface area contributed by atoms with E-state index in [9.17, 15) is 15.6 Å². The van der Waals surface area contributed by atoms with Crippen LogP contribution in [-0.4, -0.2) is 43.1 Å². The molecule has 0 radical (unpaired) electrons. The van der Waals surface area contributed by atoms with Crippen LogP contribution < -0.4 is 10.8 Å². The first-order valence-corrected chi connectivity index (χ1v) is 5.33. The second-order valence-corrected chi connectivity index (χ2v) is 3.49. The summed E-state index contributed by atoms with van der Waals surface area (Å²) in [6.07, 6.45) is 1.41. The summed E-state index contributed by atoms with van der Waals surface area (Å²) in [6.45, 7) is 4.71. The Hall–Kier alpha value is -2.25. The van der Waals surface area contributed by atoms with Gasteiger partial charge in [-0.25, -0.2) is 0 Å². The van der Waals surface area contributed by atoms with E-state index in [2.05, 4.69) is 10.3 Å². The summed E-state index contributed by atoms with van der Waals surface area (Å²) < 4.78 is 0.821. The summed E-state index contributed by atoms with van der Waals surface area (Å²) in [5.74, 6) is 0. The highest BCUT2D eigenvalue weighted by atomic mass is 16.6. The maximum Gasteiger partial charge on any atom is 0.216 e. The van der Waals surface area contributed by atoms with Gasteiger partial charge in [-0.3, -0.25) is 4.99 Å². The van der Waals surface area contributed by atoms with Gasteiger partial charge >= 0.3 is 0 Å². The van der Waals surface area contributed by atoms with Crippen molar-refractivity contribution in [3.63, 3.8) is 0 Å². The topological polar surface area (TPSA) is 99.9 Å². The fraction of sp³-hybridized carbons (Fsp3) is 0.444. The average Bonchev–Trinajstić information content (AvgIpc) is 2.73. The van der Waals surface area contributed by atoms with Gasteiger partial charge in [0.2, 0.25) is 5.49 Å². The number of hydrogen-bond acceptors (Lipinski definition) is 5. The van der Waals surface area contributed by atoms with Gasteiger partial charge in [0, 0.05) is 13.1 Å². The molecule has 2 aromatic heterocycles. The Kier molecular flexibility index (Phi) is 2.62. The van der Waals surface area contributed by atoms with Crippen LogP contribution in [0, 0.1) is 0 Å². The normalized spacial score (nSPS) is 12.5. The van der Waals surface area contributed by atoms with E-state index in [1.165, 1.54) is 6.20 Å². The van der Waals surface area contributed by atoms with Crippen molar-refractivity contribution < 1.29 is 15.6 Å². The zero-order chi connectivity index (χ0) is 12.6. The molecule has 2 heterocycles. The molecule has 0 unspecified atom stereocenters. The molecule has 0 bridgehead atoms. The van der Waals surface area contributed by atoms with Gasteiger partial charge in [-0.2, -0.15) is 4.73 Å². The molecule has 94 valence electrons. The van der Waals surface area contributed by atoms with Crippen molar-refractivity contribution in [1.82, 2.24) is 14.4 Å². The van der Waals surface area contributed by atoms with Crippen molar-refractivity contribution in [3.05, 3.63) is 11.7 Å². The van der Waals surface area contributed by atoms with Crippen molar-refractivity contribution >= 4 is 16.7 Å². The van der Waals surface area contributed by atoms with Crippen LogP contribution in [0.25, 0.3) is 11.0 Å². The van der Waals surface area contributed by atoms with E-state index in [4.69, 9.17) is 0 Å². The van der Waals surface area contributed by atoms with Crippen LogP contribution in [0.4, 0.5) is 5.69 Å². The number of aromatic nitrogens is 3. The summed E-state index contributed by atoms with van der Waals surface area (Å²) in [7, 11) is 0. The minimum absolute atomic E-state index is 0.0941. The summed E-state index contributed by atoms with van der Waals surface area (Å²) in [4.78, 5) is 5.04. The molecule has 2 rings (SSSR count). The Morgan fingerprint density at radius 3 is 2.47 bits per heavy atom. The molecule has 8 nitrogen and oxygen atoms in total. The van der Waals surface area contributed by atoms with Crippen LogP contribution in [0.1, 0.15) is 13.8 Å². The molecular weight excluding hydrogens is 226 g/mol. The van der Waals surface area contributed by atoms with E-state index in [-0.39, 0.29) is 16.5 Å². The van der Waals surface area contributed by atoms with E-state index in [1.807, 2.05) is 6.92 Å². The summed E-state index contributed by atoms with van der Waals surface area (Å²) in [5.41, 5.74) is 1.11. The molecular formula is C9H15N5O3. The Balaban J connectivity index is 2.86. The molecule has 0 aliphatic carbocycles. The number of anilines is 1. The molecule has 4 N–H and O–H groups in total. The molecule has 0 spiro atoms. The number of fused-ring (bicyclic) bond motifs is 1. The Labute approximate surface area is 96.5 Å². The van der Waals surface area contributed by atoms with E-state index < -0.39 is 0 Å². The zero-order valence-corrected chi connectivity index (χ0v) is 9.62. The fourth-order valence-corrected chi connectivity index (χ4v) is 1.78. The largest absolute Gasteiger partial charge is 0.428 e. The van der Waals surface area contributed by atoms with Gasteiger partial charge in [0.25, 0.3) is 0 Å². The third kappa shape index (κ3) is 1.49. The van der Waals surface area contributed by atoms with Gasteiger partial charge in [0.05, 0.1) is 11.9 Å². The average molecular weight is 241 g/mol. The molecule has 0 saturated heterocycles. The lowest BCUT2D eigenvalue weighted by molar-refractivity contribution is -0.00981. The van der Waals surface area contributed by atoms with E-state index in [1.54, 1.807) is 6.92 Å². The Morgan fingerprint density at radius 2 is 1.88 bits per heavy atom. The van der Waals surface area contributed by atoms with Gasteiger partial charge in [0.1, 0.15) is 0 Å². The highest BCUT2D eigenvalue weighted by Crippen LogP contribution is 2.22. The number of nitrogens with one attached hydrogen (secondary N) is 1. The van der Waals surface area contributed by atoms with Gasteiger partial charge in [0.15, 0.2) is 11.0 Å². The Morgan fingerprint density at radius 1 is 1.18 bits per heavy atom. The van der Waals surface area contributed by atoms with Crippen LogP contribution in [0.5, 0.6) is 0 Å². The zero-order valence-electron chi connectivity index (χ0n) is 9.62. The molecule has 17 heavy (non-hydrogen) atoms. The molecule has 0 saturated carbocycles. The van der Waals surface area contributed by atoms with Crippen molar-refractivity contribution in [3.8, 4) is 0 Å². The second-order valence-electron chi connectivity index (χ2n) is 3.49. The second kappa shape index (κ2) is 3.96. The van der Waals surface area contributed by atoms with Gasteiger partial charge in [-0.05, 0) is 13.8 Å². The molecule has 0 aliphatic rings. The van der Waals surface area contributed by atoms with Crippen molar-refractivity contribution in [2.24, 2.45) is 4.99 Å². The summed E-state index contributed by atoms with van der Waals surface area (Å²) in [6, 6.07) is 0. The monoisotopic (exact) mass is 241 g/mol. The molecule has 0 amide bonds. The van der Waals surface area contributed by atoms with E-state index >= 15 is 0 Å². The third-order valence-electron chi connectivity index (χ3n) is 2.42.